The maximum absolute atomic E-state index is 12.1. The Kier molecular flexibility index (Phi) is 6.71. The fourth-order valence-corrected chi connectivity index (χ4v) is 3.19. The van der Waals surface area contributed by atoms with E-state index in [9.17, 15) is 4.79 Å². The minimum Gasteiger partial charge on any atom is -0.353 e. The summed E-state index contributed by atoms with van der Waals surface area (Å²) in [5.74, 6) is 0.762. The predicted molar refractivity (Wildman–Crippen MR) is 95.3 cm³/mol. The first-order valence-corrected chi connectivity index (χ1v) is 9.07. The van der Waals surface area contributed by atoms with Crippen LogP contribution in [0.15, 0.2) is 29.8 Å². The number of aromatic nitrogens is 2. The third-order valence-corrected chi connectivity index (χ3v) is 4.52. The molecule has 4 nitrogen and oxygen atoms in total. The molecule has 0 aliphatic rings. The molecule has 0 saturated carbocycles. The largest absolute Gasteiger partial charge is 0.353 e. The molecule has 0 radical (unpaired) electrons. The maximum atomic E-state index is 12.1. The van der Waals surface area contributed by atoms with Crippen molar-refractivity contribution >= 4 is 17.2 Å². The quantitative estimate of drug-likeness (QED) is 0.793. The smallest absolute Gasteiger partial charge is 0.226 e. The number of nitrogens with one attached hydrogen (secondary N) is 1. The number of hydrogen-bond donors (Lipinski definition) is 1. The van der Waals surface area contributed by atoms with E-state index in [4.69, 9.17) is 0 Å². The first kappa shape index (κ1) is 17.6. The van der Waals surface area contributed by atoms with Crippen LogP contribution in [0.25, 0.3) is 10.7 Å². The van der Waals surface area contributed by atoms with Crippen molar-refractivity contribution in [1.82, 2.24) is 15.3 Å². The molecule has 2 rings (SSSR count). The number of rotatable bonds is 8. The van der Waals surface area contributed by atoms with E-state index in [2.05, 4.69) is 36.1 Å². The highest BCUT2D eigenvalue weighted by Crippen LogP contribution is 2.21. The Morgan fingerprint density at radius 1 is 1.26 bits per heavy atom. The van der Waals surface area contributed by atoms with Crippen molar-refractivity contribution in [3.05, 3.63) is 35.5 Å². The van der Waals surface area contributed by atoms with Crippen molar-refractivity contribution in [3.63, 3.8) is 0 Å². The Morgan fingerprint density at radius 2 is 2.09 bits per heavy atom. The normalized spacial score (nSPS) is 12.3. The standard InChI is InChI=1S/C18H25N3OS/c1-13(2)7-6-8-14(3)20-17(22)11-15-12-23-18(21-15)16-9-4-5-10-19-16/h4-5,9-10,12-14H,6-8,11H2,1-3H3,(H,20,22)/t14-/m0/s1. The van der Waals surface area contributed by atoms with Gasteiger partial charge >= 0.3 is 0 Å². The first-order valence-electron chi connectivity index (χ1n) is 8.19. The van der Waals surface area contributed by atoms with Gasteiger partial charge in [0, 0.05) is 17.6 Å². The Morgan fingerprint density at radius 3 is 2.78 bits per heavy atom. The molecule has 0 fully saturated rings. The summed E-state index contributed by atoms with van der Waals surface area (Å²) in [5, 5.41) is 5.86. The van der Waals surface area contributed by atoms with Crippen molar-refractivity contribution in [3.8, 4) is 10.7 Å². The van der Waals surface area contributed by atoms with Gasteiger partial charge in [-0.2, -0.15) is 0 Å². The van der Waals surface area contributed by atoms with E-state index >= 15 is 0 Å². The molecule has 0 unspecified atom stereocenters. The van der Waals surface area contributed by atoms with Gasteiger partial charge in [0.05, 0.1) is 17.8 Å². The lowest BCUT2D eigenvalue weighted by Crippen LogP contribution is -2.33. The third kappa shape index (κ3) is 6.10. The fraction of sp³-hybridized carbons (Fsp3) is 0.500. The number of thiazole rings is 1. The van der Waals surface area contributed by atoms with Crippen LogP contribution in [-0.2, 0) is 11.2 Å². The average Bonchev–Trinajstić information content (AvgIpc) is 2.96. The summed E-state index contributed by atoms with van der Waals surface area (Å²) in [6.07, 6.45) is 5.47. The molecule has 0 aliphatic carbocycles. The summed E-state index contributed by atoms with van der Waals surface area (Å²) >= 11 is 1.53. The molecule has 1 atom stereocenters. The summed E-state index contributed by atoms with van der Waals surface area (Å²) in [5.41, 5.74) is 1.66. The Bertz CT molecular complexity index is 610. The Labute approximate surface area is 142 Å². The van der Waals surface area contributed by atoms with Crippen LogP contribution in [0, 0.1) is 5.92 Å². The highest BCUT2D eigenvalue weighted by Gasteiger charge is 2.12. The van der Waals surface area contributed by atoms with Crippen molar-refractivity contribution in [2.24, 2.45) is 5.92 Å². The van der Waals surface area contributed by atoms with Crippen LogP contribution in [0.5, 0.6) is 0 Å². The molecule has 0 spiro atoms. The third-order valence-electron chi connectivity index (χ3n) is 3.60. The average molecular weight is 331 g/mol. The van der Waals surface area contributed by atoms with E-state index in [1.165, 1.54) is 17.8 Å². The fourth-order valence-electron chi connectivity index (χ4n) is 2.39. The lowest BCUT2D eigenvalue weighted by Gasteiger charge is -2.14. The van der Waals surface area contributed by atoms with Crippen LogP contribution in [-0.4, -0.2) is 21.9 Å². The number of amides is 1. The van der Waals surface area contributed by atoms with Gasteiger partial charge in [0.15, 0.2) is 0 Å². The molecule has 23 heavy (non-hydrogen) atoms. The van der Waals surface area contributed by atoms with Crippen LogP contribution in [0.4, 0.5) is 0 Å². The van der Waals surface area contributed by atoms with Gasteiger partial charge in [-0.3, -0.25) is 9.78 Å². The molecule has 2 heterocycles. The molecule has 2 aromatic rings. The van der Waals surface area contributed by atoms with E-state index in [1.54, 1.807) is 6.20 Å². The second kappa shape index (κ2) is 8.77. The summed E-state index contributed by atoms with van der Waals surface area (Å²) in [4.78, 5) is 20.9. The van der Waals surface area contributed by atoms with Gasteiger partial charge in [-0.15, -0.1) is 11.3 Å². The highest BCUT2D eigenvalue weighted by atomic mass is 32.1. The van der Waals surface area contributed by atoms with Crippen LogP contribution in [0.3, 0.4) is 0 Å². The first-order chi connectivity index (χ1) is 11.0. The second-order valence-corrected chi connectivity index (χ2v) is 7.19. The molecule has 0 aliphatic heterocycles. The Hall–Kier alpha value is -1.75. The van der Waals surface area contributed by atoms with Gasteiger partial charge in [-0.25, -0.2) is 4.98 Å². The molecule has 0 saturated heterocycles. The number of hydrogen-bond acceptors (Lipinski definition) is 4. The zero-order valence-electron chi connectivity index (χ0n) is 14.1. The molecule has 0 bridgehead atoms. The van der Waals surface area contributed by atoms with Crippen LogP contribution in [0.1, 0.15) is 45.7 Å². The van der Waals surface area contributed by atoms with Gasteiger partial charge in [0.1, 0.15) is 5.01 Å². The van der Waals surface area contributed by atoms with Crippen molar-refractivity contribution in [2.45, 2.75) is 52.5 Å². The zero-order chi connectivity index (χ0) is 16.7. The Balaban J connectivity index is 1.80. The number of carbonyl (C=O) groups is 1. The summed E-state index contributed by atoms with van der Waals surface area (Å²) < 4.78 is 0. The van der Waals surface area contributed by atoms with E-state index in [1.807, 2.05) is 23.6 Å². The van der Waals surface area contributed by atoms with E-state index in [0.29, 0.717) is 6.42 Å². The minimum absolute atomic E-state index is 0.0416. The lowest BCUT2D eigenvalue weighted by atomic mass is 10.0. The maximum Gasteiger partial charge on any atom is 0.226 e. The summed E-state index contributed by atoms with van der Waals surface area (Å²) in [6.45, 7) is 6.52. The molecule has 0 aromatic carbocycles. The lowest BCUT2D eigenvalue weighted by molar-refractivity contribution is -0.121. The van der Waals surface area contributed by atoms with Crippen LogP contribution < -0.4 is 5.32 Å². The molecule has 124 valence electrons. The number of nitrogens with zero attached hydrogens (tertiary/aromatic N) is 2. The summed E-state index contributed by atoms with van der Waals surface area (Å²) in [7, 11) is 0. The summed E-state index contributed by atoms with van der Waals surface area (Å²) in [6, 6.07) is 5.97. The van der Waals surface area contributed by atoms with Gasteiger partial charge < -0.3 is 5.32 Å². The van der Waals surface area contributed by atoms with Gasteiger partial charge in [0.25, 0.3) is 0 Å². The molecule has 5 heteroatoms. The van der Waals surface area contributed by atoms with Crippen LogP contribution in [0.2, 0.25) is 0 Å². The highest BCUT2D eigenvalue weighted by molar-refractivity contribution is 7.13. The molecular formula is C18H25N3OS. The predicted octanol–water partition coefficient (Wildman–Crippen LogP) is 4.08. The van der Waals surface area contributed by atoms with Crippen LogP contribution >= 0.6 is 11.3 Å². The second-order valence-electron chi connectivity index (χ2n) is 6.33. The van der Waals surface area contributed by atoms with E-state index in [0.717, 1.165) is 35.2 Å². The zero-order valence-corrected chi connectivity index (χ0v) is 14.9. The minimum atomic E-state index is 0.0416. The van der Waals surface area contributed by atoms with Gasteiger partial charge in [-0.05, 0) is 31.4 Å². The van der Waals surface area contributed by atoms with Gasteiger partial charge in [0.2, 0.25) is 5.91 Å². The molecule has 1 amide bonds. The molecular weight excluding hydrogens is 306 g/mol. The van der Waals surface area contributed by atoms with Crippen molar-refractivity contribution in [1.29, 1.82) is 0 Å². The molecule has 1 N–H and O–H groups in total. The van der Waals surface area contributed by atoms with Gasteiger partial charge in [-0.1, -0.05) is 32.8 Å². The van der Waals surface area contributed by atoms with Crippen molar-refractivity contribution in [2.75, 3.05) is 0 Å². The topological polar surface area (TPSA) is 54.9 Å². The van der Waals surface area contributed by atoms with Crippen molar-refractivity contribution < 1.29 is 4.79 Å². The number of carbonyl (C=O) groups excluding carboxylic acids is 1. The molecule has 2 aromatic heterocycles. The van der Waals surface area contributed by atoms with E-state index in [-0.39, 0.29) is 11.9 Å². The number of pyridine rings is 1. The SMILES string of the molecule is CC(C)CCC[C@H](C)NC(=O)Cc1csc(-c2ccccn2)n1. The monoisotopic (exact) mass is 331 g/mol. The van der Waals surface area contributed by atoms with E-state index < -0.39 is 0 Å².